The number of fused-ring (bicyclic) bond motifs is 1. The van der Waals surface area contributed by atoms with E-state index in [1.54, 1.807) is 0 Å². The maximum absolute atomic E-state index is 4.33. The van der Waals surface area contributed by atoms with E-state index in [9.17, 15) is 0 Å². The Hall–Kier alpha value is -0.410. The largest absolute Gasteiger partial charge is 0.316 e. The number of halogens is 1. The average Bonchev–Trinajstić information content (AvgIpc) is 2.97. The lowest BCUT2D eigenvalue weighted by molar-refractivity contribution is 0.245. The van der Waals surface area contributed by atoms with Crippen LogP contribution in [0, 0.1) is 23.2 Å². The molecule has 0 bridgehead atoms. The molecule has 2 unspecified atom stereocenters. The van der Waals surface area contributed by atoms with E-state index in [2.05, 4.69) is 46.1 Å². The Bertz CT molecular complexity index is 462. The highest BCUT2D eigenvalue weighted by Gasteiger charge is 2.53. The van der Waals surface area contributed by atoms with Gasteiger partial charge >= 0.3 is 0 Å². The predicted octanol–water partition coefficient (Wildman–Crippen LogP) is 4.05. The summed E-state index contributed by atoms with van der Waals surface area (Å²) < 4.78 is 1.10. The Morgan fingerprint density at radius 1 is 1.35 bits per heavy atom. The molecule has 0 aromatic carbocycles. The molecule has 2 saturated carbocycles. The highest BCUT2D eigenvalue weighted by atomic mass is 79.9. The Morgan fingerprint density at radius 3 is 2.75 bits per heavy atom. The molecule has 0 spiro atoms. The molecule has 1 heterocycles. The molecule has 0 aliphatic heterocycles. The molecule has 1 N–H and O–H groups in total. The van der Waals surface area contributed by atoms with Crippen molar-refractivity contribution in [2.75, 3.05) is 13.1 Å². The van der Waals surface area contributed by atoms with Crippen LogP contribution in [0.25, 0.3) is 0 Å². The van der Waals surface area contributed by atoms with E-state index in [0.717, 1.165) is 28.8 Å². The van der Waals surface area contributed by atoms with Crippen LogP contribution in [0.2, 0.25) is 0 Å². The lowest BCUT2D eigenvalue weighted by Crippen LogP contribution is -2.36. The van der Waals surface area contributed by atoms with Gasteiger partial charge in [0.2, 0.25) is 0 Å². The zero-order valence-corrected chi connectivity index (χ0v) is 14.1. The van der Waals surface area contributed by atoms with E-state index in [1.165, 1.54) is 37.8 Å². The monoisotopic (exact) mass is 336 g/mol. The molecular weight excluding hydrogens is 312 g/mol. The number of hydrogen-bond donors (Lipinski definition) is 1. The Labute approximate surface area is 130 Å². The van der Waals surface area contributed by atoms with Crippen LogP contribution in [0.4, 0.5) is 0 Å². The minimum Gasteiger partial charge on any atom is -0.316 e. The zero-order valence-electron chi connectivity index (χ0n) is 12.5. The number of nitrogens with one attached hydrogen (secondary N) is 1. The van der Waals surface area contributed by atoms with Gasteiger partial charge in [-0.05, 0) is 83.0 Å². The van der Waals surface area contributed by atoms with Crippen molar-refractivity contribution >= 4 is 15.9 Å². The number of rotatable bonds is 6. The fraction of sp³-hybridized carbons (Fsp3) is 0.706. The van der Waals surface area contributed by atoms with Gasteiger partial charge in [0.15, 0.2) is 0 Å². The standard InChI is InChI=1S/C17H25BrN2/c1-12(2)8-20-11-17(6-14-4-15(14)7-17)5-13-3-16(18)10-19-9-13/h3,9-10,12,14-15,20H,4-8,11H2,1-2H3. The van der Waals surface area contributed by atoms with Crippen molar-refractivity contribution < 1.29 is 0 Å². The summed E-state index contributed by atoms with van der Waals surface area (Å²) in [6.07, 6.45) is 9.41. The third-order valence-corrected chi connectivity index (χ3v) is 5.29. The second-order valence-electron chi connectivity index (χ2n) is 7.38. The normalized spacial score (nSPS) is 31.6. The van der Waals surface area contributed by atoms with Crippen LogP contribution in [0.1, 0.15) is 38.7 Å². The van der Waals surface area contributed by atoms with Crippen molar-refractivity contribution in [2.45, 2.75) is 39.5 Å². The van der Waals surface area contributed by atoms with Gasteiger partial charge in [-0.2, -0.15) is 0 Å². The highest BCUT2D eigenvalue weighted by Crippen LogP contribution is 2.60. The summed E-state index contributed by atoms with van der Waals surface area (Å²) in [5.41, 5.74) is 1.86. The van der Waals surface area contributed by atoms with Gasteiger partial charge in [-0.25, -0.2) is 0 Å². The van der Waals surface area contributed by atoms with E-state index in [0.29, 0.717) is 5.41 Å². The Balaban J connectivity index is 1.66. The van der Waals surface area contributed by atoms with Crippen LogP contribution in [0.3, 0.4) is 0 Å². The van der Waals surface area contributed by atoms with Crippen molar-refractivity contribution in [1.82, 2.24) is 10.3 Å². The molecule has 2 aliphatic carbocycles. The van der Waals surface area contributed by atoms with Gasteiger partial charge in [0.25, 0.3) is 0 Å². The highest BCUT2D eigenvalue weighted by molar-refractivity contribution is 9.10. The molecule has 0 saturated heterocycles. The summed E-state index contributed by atoms with van der Waals surface area (Å²) in [6, 6.07) is 2.24. The molecule has 1 aromatic rings. The van der Waals surface area contributed by atoms with E-state index < -0.39 is 0 Å². The summed E-state index contributed by atoms with van der Waals surface area (Å²) in [5.74, 6) is 2.78. The molecule has 20 heavy (non-hydrogen) atoms. The van der Waals surface area contributed by atoms with Gasteiger partial charge in [-0.15, -0.1) is 0 Å². The van der Waals surface area contributed by atoms with Crippen molar-refractivity contribution in [3.8, 4) is 0 Å². The molecule has 3 heteroatoms. The third kappa shape index (κ3) is 3.43. The average molecular weight is 337 g/mol. The molecule has 2 fully saturated rings. The molecule has 2 nitrogen and oxygen atoms in total. The molecular formula is C17H25BrN2. The van der Waals surface area contributed by atoms with Gasteiger partial charge < -0.3 is 5.32 Å². The fourth-order valence-corrected chi connectivity index (χ4v) is 4.38. The first-order valence-corrected chi connectivity index (χ1v) is 8.66. The number of nitrogens with zero attached hydrogens (tertiary/aromatic N) is 1. The first-order chi connectivity index (χ1) is 9.56. The number of aromatic nitrogens is 1. The second-order valence-corrected chi connectivity index (χ2v) is 8.29. The molecule has 1 aromatic heterocycles. The third-order valence-electron chi connectivity index (χ3n) is 4.85. The van der Waals surface area contributed by atoms with Crippen LogP contribution in [-0.2, 0) is 6.42 Å². The quantitative estimate of drug-likeness (QED) is 0.847. The summed E-state index contributed by atoms with van der Waals surface area (Å²) in [6.45, 7) is 6.87. The van der Waals surface area contributed by atoms with Gasteiger partial charge in [0.1, 0.15) is 0 Å². The maximum Gasteiger partial charge on any atom is 0.0410 e. The van der Waals surface area contributed by atoms with E-state index in [4.69, 9.17) is 0 Å². The van der Waals surface area contributed by atoms with Crippen LogP contribution in [-0.4, -0.2) is 18.1 Å². The molecule has 2 atom stereocenters. The van der Waals surface area contributed by atoms with Gasteiger partial charge in [-0.3, -0.25) is 4.98 Å². The van der Waals surface area contributed by atoms with Crippen molar-refractivity contribution in [3.63, 3.8) is 0 Å². The number of hydrogen-bond acceptors (Lipinski definition) is 2. The van der Waals surface area contributed by atoms with Crippen LogP contribution in [0.5, 0.6) is 0 Å². The lowest BCUT2D eigenvalue weighted by Gasteiger charge is -2.32. The molecule has 2 aliphatic rings. The van der Waals surface area contributed by atoms with Crippen molar-refractivity contribution in [2.24, 2.45) is 23.2 Å². The van der Waals surface area contributed by atoms with Crippen molar-refractivity contribution in [3.05, 3.63) is 28.5 Å². The Morgan fingerprint density at radius 2 is 2.10 bits per heavy atom. The second kappa shape index (κ2) is 5.76. The molecule has 110 valence electrons. The van der Waals surface area contributed by atoms with Gasteiger partial charge in [-0.1, -0.05) is 13.8 Å². The Kier molecular flexibility index (Phi) is 4.19. The first-order valence-electron chi connectivity index (χ1n) is 7.86. The van der Waals surface area contributed by atoms with Gasteiger partial charge in [0, 0.05) is 23.4 Å². The topological polar surface area (TPSA) is 24.9 Å². The summed E-state index contributed by atoms with van der Waals surface area (Å²) in [7, 11) is 0. The van der Waals surface area contributed by atoms with Crippen LogP contribution in [0.15, 0.2) is 22.9 Å². The number of pyridine rings is 1. The smallest absolute Gasteiger partial charge is 0.0410 e. The van der Waals surface area contributed by atoms with E-state index in [1.807, 2.05) is 12.4 Å². The molecule has 3 rings (SSSR count). The maximum atomic E-state index is 4.33. The van der Waals surface area contributed by atoms with E-state index in [-0.39, 0.29) is 0 Å². The summed E-state index contributed by atoms with van der Waals surface area (Å²) >= 11 is 3.54. The summed E-state index contributed by atoms with van der Waals surface area (Å²) in [4.78, 5) is 4.33. The lowest BCUT2D eigenvalue weighted by atomic mass is 9.77. The molecule has 0 amide bonds. The predicted molar refractivity (Wildman–Crippen MR) is 86.6 cm³/mol. The minimum absolute atomic E-state index is 0.477. The van der Waals surface area contributed by atoms with E-state index >= 15 is 0 Å². The minimum atomic E-state index is 0.477. The SMILES string of the molecule is CC(C)CNCC1(Cc2cncc(Br)c2)CC2CC2C1. The van der Waals surface area contributed by atoms with Crippen LogP contribution >= 0.6 is 15.9 Å². The fourth-order valence-electron chi connectivity index (χ4n) is 3.97. The summed E-state index contributed by atoms with van der Waals surface area (Å²) in [5, 5.41) is 3.71. The van der Waals surface area contributed by atoms with Gasteiger partial charge in [0.05, 0.1) is 0 Å². The first kappa shape index (κ1) is 14.5. The zero-order chi connectivity index (χ0) is 14.2. The molecule has 0 radical (unpaired) electrons. The van der Waals surface area contributed by atoms with Crippen molar-refractivity contribution in [1.29, 1.82) is 0 Å². The van der Waals surface area contributed by atoms with Crippen LogP contribution < -0.4 is 5.32 Å².